The van der Waals surface area contributed by atoms with Gasteiger partial charge >= 0.3 is 5.69 Å². The first-order valence-corrected chi connectivity index (χ1v) is 6.84. The van der Waals surface area contributed by atoms with Crippen molar-refractivity contribution in [2.24, 2.45) is 5.10 Å². The van der Waals surface area contributed by atoms with Gasteiger partial charge in [0.25, 0.3) is 5.91 Å². The summed E-state index contributed by atoms with van der Waals surface area (Å²) in [5.41, 5.74) is 2.37. The highest BCUT2D eigenvalue weighted by Crippen LogP contribution is 2.27. The second-order valence-corrected chi connectivity index (χ2v) is 5.01. The van der Waals surface area contributed by atoms with Gasteiger partial charge in [-0.05, 0) is 34.1 Å². The van der Waals surface area contributed by atoms with Crippen LogP contribution in [0.3, 0.4) is 0 Å². The average Bonchev–Trinajstić information content (AvgIpc) is 2.49. The largest absolute Gasteiger partial charge is 0.502 e. The maximum Gasteiger partial charge on any atom is 0.311 e. The van der Waals surface area contributed by atoms with E-state index in [1.807, 2.05) is 0 Å². The highest BCUT2D eigenvalue weighted by atomic mass is 79.9. The number of nitro benzene ring substituents is 1. The van der Waals surface area contributed by atoms with E-state index in [9.17, 15) is 20.0 Å². The fourth-order valence-electron chi connectivity index (χ4n) is 1.67. The summed E-state index contributed by atoms with van der Waals surface area (Å²) in [6.07, 6.45) is 1.14. The van der Waals surface area contributed by atoms with E-state index in [0.717, 1.165) is 6.21 Å². The van der Waals surface area contributed by atoms with Crippen molar-refractivity contribution >= 4 is 33.7 Å². The van der Waals surface area contributed by atoms with Gasteiger partial charge in [0, 0.05) is 16.1 Å². The third-order valence-corrected chi connectivity index (χ3v) is 3.42. The van der Waals surface area contributed by atoms with Crippen LogP contribution >= 0.6 is 15.9 Å². The van der Waals surface area contributed by atoms with E-state index in [1.165, 1.54) is 18.2 Å². The minimum absolute atomic E-state index is 0.127. The number of aromatic hydroxyl groups is 1. The van der Waals surface area contributed by atoms with Gasteiger partial charge in [0.1, 0.15) is 0 Å². The van der Waals surface area contributed by atoms with Crippen molar-refractivity contribution in [3.63, 3.8) is 0 Å². The van der Waals surface area contributed by atoms with Crippen molar-refractivity contribution in [1.29, 1.82) is 0 Å². The number of hydrogen-bond donors (Lipinski definition) is 2. The van der Waals surface area contributed by atoms with E-state index in [0.29, 0.717) is 10.0 Å². The number of phenols is 1. The van der Waals surface area contributed by atoms with Crippen molar-refractivity contribution in [2.45, 2.75) is 0 Å². The van der Waals surface area contributed by atoms with Crippen LogP contribution in [0.1, 0.15) is 15.9 Å². The van der Waals surface area contributed by atoms with Gasteiger partial charge in [0.15, 0.2) is 0 Å². The predicted molar refractivity (Wildman–Crippen MR) is 84.0 cm³/mol. The van der Waals surface area contributed by atoms with Crippen LogP contribution in [0, 0.1) is 10.1 Å². The molecule has 1 amide bonds. The second-order valence-electron chi connectivity index (χ2n) is 4.15. The van der Waals surface area contributed by atoms with Crippen molar-refractivity contribution in [3.05, 3.63) is 68.2 Å². The number of rotatable bonds is 4. The zero-order chi connectivity index (χ0) is 16.1. The lowest BCUT2D eigenvalue weighted by atomic mass is 10.2. The number of carbonyl (C=O) groups is 1. The SMILES string of the molecule is O=C(NN=Cc1cccc([N+](=O)[O-])c1O)c1ccccc1Br. The molecule has 0 fully saturated rings. The molecule has 0 aliphatic heterocycles. The summed E-state index contributed by atoms with van der Waals surface area (Å²) in [6, 6.07) is 10.8. The molecular weight excluding hydrogens is 354 g/mol. The van der Waals surface area contributed by atoms with Crippen LogP contribution in [0.2, 0.25) is 0 Å². The summed E-state index contributed by atoms with van der Waals surface area (Å²) >= 11 is 3.24. The first-order valence-electron chi connectivity index (χ1n) is 6.05. The lowest BCUT2D eigenvalue weighted by Crippen LogP contribution is -2.18. The standard InChI is InChI=1S/C14H10BrN3O4/c15-11-6-2-1-5-10(11)14(20)17-16-8-9-4-3-7-12(13(9)19)18(21)22/h1-8,19H,(H,17,20). The molecule has 0 saturated carbocycles. The van der Waals surface area contributed by atoms with Crippen LogP contribution in [0.15, 0.2) is 52.0 Å². The third-order valence-electron chi connectivity index (χ3n) is 2.73. The van der Waals surface area contributed by atoms with Crippen molar-refractivity contribution in [2.75, 3.05) is 0 Å². The monoisotopic (exact) mass is 363 g/mol. The summed E-state index contributed by atoms with van der Waals surface area (Å²) in [5, 5.41) is 24.1. The Kier molecular flexibility index (Phi) is 4.84. The Labute approximate surface area is 133 Å². The number of para-hydroxylation sites is 1. The van der Waals surface area contributed by atoms with Gasteiger partial charge < -0.3 is 5.11 Å². The van der Waals surface area contributed by atoms with Gasteiger partial charge in [-0.2, -0.15) is 5.10 Å². The number of halogens is 1. The summed E-state index contributed by atoms with van der Waals surface area (Å²) in [4.78, 5) is 21.9. The number of nitrogens with zero attached hydrogens (tertiary/aromatic N) is 2. The number of amides is 1. The fourth-order valence-corrected chi connectivity index (χ4v) is 2.13. The van der Waals surface area contributed by atoms with E-state index in [2.05, 4.69) is 26.5 Å². The minimum atomic E-state index is -0.702. The molecule has 2 aromatic rings. The van der Waals surface area contributed by atoms with Crippen LogP contribution in [0.25, 0.3) is 0 Å². The molecular formula is C14H10BrN3O4. The summed E-state index contributed by atoms with van der Waals surface area (Å²) in [6.45, 7) is 0. The molecule has 0 bridgehead atoms. The summed E-state index contributed by atoms with van der Waals surface area (Å²) < 4.78 is 0.612. The molecule has 2 rings (SSSR count). The van der Waals surface area contributed by atoms with Crippen molar-refractivity contribution in [1.82, 2.24) is 5.43 Å². The predicted octanol–water partition coefficient (Wildman–Crippen LogP) is 2.83. The van der Waals surface area contributed by atoms with Gasteiger partial charge in [-0.25, -0.2) is 5.43 Å². The number of hydrazone groups is 1. The molecule has 0 aromatic heterocycles. The highest BCUT2D eigenvalue weighted by molar-refractivity contribution is 9.10. The zero-order valence-corrected chi connectivity index (χ0v) is 12.6. The number of carbonyl (C=O) groups excluding carboxylic acids is 1. The molecule has 0 aliphatic carbocycles. The van der Waals surface area contributed by atoms with Crippen LogP contribution in [0.4, 0.5) is 5.69 Å². The summed E-state index contributed by atoms with van der Waals surface area (Å²) in [7, 11) is 0. The second kappa shape index (κ2) is 6.81. The third kappa shape index (κ3) is 3.47. The number of phenolic OH excluding ortho intramolecular Hbond substituents is 1. The molecule has 0 aliphatic rings. The molecule has 0 heterocycles. The molecule has 0 atom stereocenters. The van der Waals surface area contributed by atoms with Crippen molar-refractivity contribution < 1.29 is 14.8 Å². The van der Waals surface area contributed by atoms with E-state index < -0.39 is 22.3 Å². The van der Waals surface area contributed by atoms with Crippen LogP contribution < -0.4 is 5.43 Å². The first-order chi connectivity index (χ1) is 10.5. The Morgan fingerprint density at radius 2 is 2.00 bits per heavy atom. The smallest absolute Gasteiger partial charge is 0.311 e. The van der Waals surface area contributed by atoms with E-state index in [4.69, 9.17) is 0 Å². The fraction of sp³-hybridized carbons (Fsp3) is 0. The normalized spacial score (nSPS) is 10.6. The maximum absolute atomic E-state index is 11.9. The van der Waals surface area contributed by atoms with Gasteiger partial charge in [-0.1, -0.05) is 18.2 Å². The lowest BCUT2D eigenvalue weighted by Gasteiger charge is -2.02. The van der Waals surface area contributed by atoms with E-state index >= 15 is 0 Å². The summed E-state index contributed by atoms with van der Waals surface area (Å²) in [5.74, 6) is -0.958. The van der Waals surface area contributed by atoms with Gasteiger partial charge in [0.2, 0.25) is 5.75 Å². The van der Waals surface area contributed by atoms with E-state index in [-0.39, 0.29) is 5.56 Å². The van der Waals surface area contributed by atoms with Gasteiger partial charge in [-0.3, -0.25) is 14.9 Å². The molecule has 22 heavy (non-hydrogen) atoms. The zero-order valence-electron chi connectivity index (χ0n) is 11.1. The Bertz CT molecular complexity index is 762. The number of hydrogen-bond acceptors (Lipinski definition) is 5. The molecule has 112 valence electrons. The van der Waals surface area contributed by atoms with E-state index in [1.54, 1.807) is 24.3 Å². The lowest BCUT2D eigenvalue weighted by molar-refractivity contribution is -0.385. The van der Waals surface area contributed by atoms with Gasteiger partial charge in [-0.15, -0.1) is 0 Å². The molecule has 0 unspecified atom stereocenters. The first kappa shape index (κ1) is 15.6. The molecule has 7 nitrogen and oxygen atoms in total. The van der Waals surface area contributed by atoms with Crippen LogP contribution in [-0.4, -0.2) is 22.2 Å². The molecule has 0 saturated heterocycles. The molecule has 8 heteroatoms. The molecule has 0 spiro atoms. The van der Waals surface area contributed by atoms with Crippen LogP contribution in [0.5, 0.6) is 5.75 Å². The van der Waals surface area contributed by atoms with Gasteiger partial charge in [0.05, 0.1) is 16.7 Å². The Morgan fingerprint density at radius 3 is 2.68 bits per heavy atom. The van der Waals surface area contributed by atoms with Crippen molar-refractivity contribution in [3.8, 4) is 5.75 Å². The quantitative estimate of drug-likeness (QED) is 0.494. The molecule has 2 aromatic carbocycles. The Morgan fingerprint density at radius 1 is 1.27 bits per heavy atom. The number of nitro groups is 1. The maximum atomic E-state index is 11.9. The molecule has 2 N–H and O–H groups in total. The van der Waals surface area contributed by atoms with Crippen LogP contribution in [-0.2, 0) is 0 Å². The number of benzene rings is 2. The molecule has 0 radical (unpaired) electrons. The topological polar surface area (TPSA) is 105 Å². The number of nitrogens with one attached hydrogen (secondary N) is 1. The minimum Gasteiger partial charge on any atom is -0.502 e. The Balaban J connectivity index is 2.14. The highest BCUT2D eigenvalue weighted by Gasteiger charge is 2.15. The Hall–Kier alpha value is -2.74. The average molecular weight is 364 g/mol.